The normalized spacial score (nSPS) is 13.1. The summed E-state index contributed by atoms with van der Waals surface area (Å²) in [5.74, 6) is -1.04. The lowest BCUT2D eigenvalue weighted by atomic mass is 9.76. The Morgan fingerprint density at radius 2 is 1.71 bits per heavy atom. The molecule has 1 aromatic carbocycles. The molecule has 0 radical (unpaired) electrons. The number of aliphatic carboxylic acids is 1. The fourth-order valence-corrected chi connectivity index (χ4v) is 1.62. The molecule has 118 valence electrons. The highest BCUT2D eigenvalue weighted by atomic mass is 16.4. The SMILES string of the molecule is CC(C)C[C@H](N)B(O)O.N[C@@H](Cc1ccccc1)C(=O)O. The maximum Gasteiger partial charge on any atom is 0.469 e. The Labute approximate surface area is 125 Å². The first-order chi connectivity index (χ1) is 9.73. The van der Waals surface area contributed by atoms with Gasteiger partial charge < -0.3 is 26.6 Å². The van der Waals surface area contributed by atoms with Gasteiger partial charge in [-0.3, -0.25) is 4.79 Å². The molecular weight excluding hydrogens is 271 g/mol. The topological polar surface area (TPSA) is 130 Å². The Bertz CT molecular complexity index is 401. The minimum Gasteiger partial charge on any atom is -0.480 e. The first-order valence-corrected chi connectivity index (χ1v) is 6.88. The van der Waals surface area contributed by atoms with Crippen molar-refractivity contribution in [2.24, 2.45) is 17.4 Å². The Hall–Kier alpha value is -1.41. The van der Waals surface area contributed by atoms with Crippen molar-refractivity contribution in [2.45, 2.75) is 38.7 Å². The molecule has 0 bridgehead atoms. The summed E-state index contributed by atoms with van der Waals surface area (Å²) in [7, 11) is -1.37. The number of carboxylic acid groups (broad SMARTS) is 1. The minimum atomic E-state index is -1.37. The van der Waals surface area contributed by atoms with Crippen LogP contribution in [0.4, 0.5) is 0 Å². The van der Waals surface area contributed by atoms with Crippen molar-refractivity contribution in [3.8, 4) is 0 Å². The number of benzene rings is 1. The van der Waals surface area contributed by atoms with E-state index in [1.54, 1.807) is 0 Å². The van der Waals surface area contributed by atoms with E-state index in [9.17, 15) is 4.79 Å². The summed E-state index contributed by atoms with van der Waals surface area (Å²) in [6, 6.07) is 8.54. The van der Waals surface area contributed by atoms with Crippen LogP contribution < -0.4 is 11.5 Å². The lowest BCUT2D eigenvalue weighted by Gasteiger charge is -2.11. The zero-order valence-electron chi connectivity index (χ0n) is 12.5. The van der Waals surface area contributed by atoms with Crippen LogP contribution in [-0.4, -0.2) is 40.2 Å². The predicted molar refractivity (Wildman–Crippen MR) is 83.4 cm³/mol. The molecule has 0 aromatic heterocycles. The van der Waals surface area contributed by atoms with Crippen LogP contribution >= 0.6 is 0 Å². The molecule has 0 aliphatic rings. The second kappa shape index (κ2) is 10.3. The first-order valence-electron chi connectivity index (χ1n) is 6.88. The molecule has 0 heterocycles. The lowest BCUT2D eigenvalue weighted by Crippen LogP contribution is -2.39. The molecule has 0 saturated heterocycles. The molecule has 7 heteroatoms. The van der Waals surface area contributed by atoms with Crippen LogP contribution in [0, 0.1) is 5.92 Å². The molecule has 21 heavy (non-hydrogen) atoms. The fourth-order valence-electron chi connectivity index (χ4n) is 1.62. The maximum absolute atomic E-state index is 10.4. The van der Waals surface area contributed by atoms with Crippen molar-refractivity contribution >= 4 is 13.1 Å². The maximum atomic E-state index is 10.4. The summed E-state index contributed by atoms with van der Waals surface area (Å²) in [5, 5.41) is 25.5. The molecule has 7 N–H and O–H groups in total. The van der Waals surface area contributed by atoms with Crippen LogP contribution in [0.1, 0.15) is 25.8 Å². The van der Waals surface area contributed by atoms with Gasteiger partial charge in [-0.15, -0.1) is 0 Å². The van der Waals surface area contributed by atoms with Gasteiger partial charge in [-0.05, 0) is 24.3 Å². The van der Waals surface area contributed by atoms with Crippen LogP contribution in [0.15, 0.2) is 30.3 Å². The van der Waals surface area contributed by atoms with Gasteiger partial charge in [-0.25, -0.2) is 0 Å². The van der Waals surface area contributed by atoms with Crippen molar-refractivity contribution in [1.82, 2.24) is 0 Å². The second-order valence-electron chi connectivity index (χ2n) is 5.34. The molecule has 0 aliphatic heterocycles. The van der Waals surface area contributed by atoms with E-state index in [2.05, 4.69) is 0 Å². The van der Waals surface area contributed by atoms with Crippen molar-refractivity contribution in [2.75, 3.05) is 0 Å². The third-order valence-electron chi connectivity index (χ3n) is 2.74. The number of nitrogens with two attached hydrogens (primary N) is 2. The standard InChI is InChI=1S/C9H11NO2.C5H14BNO2/c10-8(9(11)12)6-7-4-2-1-3-5-7;1-4(2)3-5(7)6(8)9/h1-5,8H,6,10H2,(H,11,12);4-5,8-9H,3,7H2,1-2H3/t8-;5-/m00/s1. The van der Waals surface area contributed by atoms with Gasteiger partial charge >= 0.3 is 13.1 Å². The van der Waals surface area contributed by atoms with Crippen LogP contribution in [-0.2, 0) is 11.2 Å². The van der Waals surface area contributed by atoms with E-state index >= 15 is 0 Å². The van der Waals surface area contributed by atoms with Crippen molar-refractivity contribution in [1.29, 1.82) is 0 Å². The van der Waals surface area contributed by atoms with Crippen molar-refractivity contribution < 1.29 is 19.9 Å². The van der Waals surface area contributed by atoms with Crippen LogP contribution in [0.3, 0.4) is 0 Å². The van der Waals surface area contributed by atoms with E-state index in [1.807, 2.05) is 44.2 Å². The van der Waals surface area contributed by atoms with E-state index < -0.39 is 25.1 Å². The average molecular weight is 296 g/mol. The molecule has 0 saturated carbocycles. The van der Waals surface area contributed by atoms with E-state index in [0.29, 0.717) is 18.8 Å². The number of hydrogen-bond donors (Lipinski definition) is 5. The van der Waals surface area contributed by atoms with Crippen molar-refractivity contribution in [3.63, 3.8) is 0 Å². The third-order valence-corrected chi connectivity index (χ3v) is 2.74. The predicted octanol–water partition coefficient (Wildman–Crippen LogP) is 0.0128. The molecular formula is C14H25BN2O4. The second-order valence-corrected chi connectivity index (χ2v) is 5.34. The number of carboxylic acids is 1. The quantitative estimate of drug-likeness (QED) is 0.470. The van der Waals surface area contributed by atoms with Gasteiger partial charge in [0.25, 0.3) is 0 Å². The molecule has 1 rings (SSSR count). The Balaban J connectivity index is 0.000000400. The molecule has 0 unspecified atom stereocenters. The van der Waals surface area contributed by atoms with Crippen LogP contribution in [0.5, 0.6) is 0 Å². The summed E-state index contributed by atoms with van der Waals surface area (Å²) >= 11 is 0. The molecule has 0 spiro atoms. The van der Waals surface area contributed by atoms with E-state index in [1.165, 1.54) is 0 Å². The summed E-state index contributed by atoms with van der Waals surface area (Å²) < 4.78 is 0. The molecule has 6 nitrogen and oxygen atoms in total. The van der Waals surface area contributed by atoms with Gasteiger partial charge in [-0.1, -0.05) is 44.2 Å². The van der Waals surface area contributed by atoms with Gasteiger partial charge in [0.15, 0.2) is 0 Å². The highest BCUT2D eigenvalue weighted by molar-refractivity contribution is 6.43. The van der Waals surface area contributed by atoms with Crippen molar-refractivity contribution in [3.05, 3.63) is 35.9 Å². The van der Waals surface area contributed by atoms with Crippen LogP contribution in [0.25, 0.3) is 0 Å². The highest BCUT2D eigenvalue weighted by Crippen LogP contribution is 2.02. The largest absolute Gasteiger partial charge is 0.480 e. The fraction of sp³-hybridized carbons (Fsp3) is 0.500. The molecule has 1 aromatic rings. The third kappa shape index (κ3) is 10.0. The van der Waals surface area contributed by atoms with Gasteiger partial charge in [0.2, 0.25) is 0 Å². The van der Waals surface area contributed by atoms with E-state index in [0.717, 1.165) is 5.56 Å². The summed E-state index contributed by atoms with van der Waals surface area (Å²) in [4.78, 5) is 10.4. The average Bonchev–Trinajstić information content (AvgIpc) is 2.39. The zero-order chi connectivity index (χ0) is 16.4. The Kier molecular flexibility index (Phi) is 9.65. The van der Waals surface area contributed by atoms with Gasteiger partial charge in [-0.2, -0.15) is 0 Å². The lowest BCUT2D eigenvalue weighted by molar-refractivity contribution is -0.138. The number of rotatable bonds is 6. The summed E-state index contributed by atoms with van der Waals surface area (Å²) in [6.07, 6.45) is 1.04. The minimum absolute atomic E-state index is 0.385. The summed E-state index contributed by atoms with van der Waals surface area (Å²) in [5.41, 5.74) is 11.6. The zero-order valence-corrected chi connectivity index (χ0v) is 12.5. The van der Waals surface area contributed by atoms with E-state index in [4.69, 9.17) is 26.6 Å². The molecule has 2 atom stereocenters. The first kappa shape index (κ1) is 19.6. The van der Waals surface area contributed by atoms with E-state index in [-0.39, 0.29) is 0 Å². The monoisotopic (exact) mass is 296 g/mol. The molecule has 0 aliphatic carbocycles. The Morgan fingerprint density at radius 3 is 2.05 bits per heavy atom. The summed E-state index contributed by atoms with van der Waals surface area (Å²) in [6.45, 7) is 3.98. The number of hydrogen-bond acceptors (Lipinski definition) is 5. The van der Waals surface area contributed by atoms with Gasteiger partial charge in [0, 0.05) is 5.94 Å². The number of carbonyl (C=O) groups is 1. The van der Waals surface area contributed by atoms with Crippen LogP contribution in [0.2, 0.25) is 0 Å². The molecule has 0 amide bonds. The van der Waals surface area contributed by atoms with Gasteiger partial charge in [0.05, 0.1) is 0 Å². The smallest absolute Gasteiger partial charge is 0.469 e. The van der Waals surface area contributed by atoms with Gasteiger partial charge in [0.1, 0.15) is 6.04 Å². The molecule has 0 fully saturated rings. The Morgan fingerprint density at radius 1 is 1.19 bits per heavy atom. The highest BCUT2D eigenvalue weighted by Gasteiger charge is 2.18.